The van der Waals surface area contributed by atoms with Gasteiger partial charge in [0.1, 0.15) is 11.2 Å². The third-order valence-electron chi connectivity index (χ3n) is 5.25. The van der Waals surface area contributed by atoms with Gasteiger partial charge >= 0.3 is 6.09 Å². The van der Waals surface area contributed by atoms with Gasteiger partial charge in [-0.15, -0.1) is 0 Å². The summed E-state index contributed by atoms with van der Waals surface area (Å²) < 4.78 is 5.49. The number of ether oxygens (including phenoxy) is 1. The van der Waals surface area contributed by atoms with Crippen molar-refractivity contribution in [2.45, 2.75) is 39.7 Å². The highest BCUT2D eigenvalue weighted by Gasteiger charge is 2.24. The molecule has 2 amide bonds. The van der Waals surface area contributed by atoms with Crippen molar-refractivity contribution in [1.29, 1.82) is 0 Å². The lowest BCUT2D eigenvalue weighted by Crippen LogP contribution is -2.39. The smallest absolute Gasteiger partial charge is 0.410 e. The number of hydrogen-bond donors (Lipinski definition) is 2. The van der Waals surface area contributed by atoms with Crippen molar-refractivity contribution < 1.29 is 14.3 Å². The van der Waals surface area contributed by atoms with Crippen LogP contribution in [0.3, 0.4) is 0 Å². The zero-order valence-electron chi connectivity index (χ0n) is 18.9. The molecule has 0 bridgehead atoms. The zero-order valence-corrected chi connectivity index (χ0v) is 18.9. The average Bonchev–Trinajstić information content (AvgIpc) is 3.15. The molecule has 32 heavy (non-hydrogen) atoms. The lowest BCUT2D eigenvalue weighted by atomic mass is 9.98. The predicted molar refractivity (Wildman–Crippen MR) is 126 cm³/mol. The number of carbonyl (C=O) groups excluding carboxylic acids is 2. The number of nitrogens with one attached hydrogen (secondary N) is 2. The Bertz CT molecular complexity index is 1200. The molecule has 0 saturated carbocycles. The van der Waals surface area contributed by atoms with Gasteiger partial charge in [-0.1, -0.05) is 18.2 Å². The monoisotopic (exact) mass is 432 g/mol. The van der Waals surface area contributed by atoms with Gasteiger partial charge in [-0.2, -0.15) is 0 Å². The SMILES string of the molecule is CC(=O)Nc1cccc(-c2cnc3[nH]cc(C4=CCN(C(=O)OC(C)(C)C)CC4)c3c2)c1. The molecule has 7 heteroatoms. The van der Waals surface area contributed by atoms with Gasteiger partial charge < -0.3 is 19.9 Å². The van der Waals surface area contributed by atoms with Crippen LogP contribution >= 0.6 is 0 Å². The highest BCUT2D eigenvalue weighted by atomic mass is 16.6. The van der Waals surface area contributed by atoms with Gasteiger partial charge in [0.25, 0.3) is 0 Å². The standard InChI is InChI=1S/C25H28N4O3/c1-16(30)28-20-7-5-6-18(12-20)19-13-21-22(15-27-23(21)26-14-19)17-8-10-29(11-9-17)24(31)32-25(2,3)4/h5-8,12-15H,9-11H2,1-4H3,(H,26,27)(H,28,30). The largest absolute Gasteiger partial charge is 0.444 e. The van der Waals surface area contributed by atoms with Crippen LogP contribution in [0.1, 0.15) is 39.7 Å². The molecule has 3 aromatic rings. The second-order valence-electron chi connectivity index (χ2n) is 8.99. The molecule has 1 aliphatic heterocycles. The van der Waals surface area contributed by atoms with Crippen molar-refractivity contribution in [3.8, 4) is 11.1 Å². The lowest BCUT2D eigenvalue weighted by Gasteiger charge is -2.29. The van der Waals surface area contributed by atoms with Crippen molar-refractivity contribution in [1.82, 2.24) is 14.9 Å². The van der Waals surface area contributed by atoms with E-state index >= 15 is 0 Å². The van der Waals surface area contributed by atoms with Crippen LogP contribution in [0.2, 0.25) is 0 Å². The van der Waals surface area contributed by atoms with E-state index < -0.39 is 5.60 Å². The number of nitrogens with zero attached hydrogens (tertiary/aromatic N) is 2. The van der Waals surface area contributed by atoms with Gasteiger partial charge in [0.2, 0.25) is 5.91 Å². The maximum absolute atomic E-state index is 12.3. The molecule has 2 aromatic heterocycles. The Labute approximate surface area is 187 Å². The molecule has 0 radical (unpaired) electrons. The molecular weight excluding hydrogens is 404 g/mol. The van der Waals surface area contributed by atoms with Crippen LogP contribution in [-0.4, -0.2) is 45.6 Å². The molecule has 0 aliphatic carbocycles. The molecule has 166 valence electrons. The Kier molecular flexibility index (Phi) is 5.74. The molecule has 2 N–H and O–H groups in total. The number of aromatic amines is 1. The summed E-state index contributed by atoms with van der Waals surface area (Å²) in [4.78, 5) is 33.3. The van der Waals surface area contributed by atoms with E-state index in [2.05, 4.69) is 27.4 Å². The Morgan fingerprint density at radius 2 is 2.00 bits per heavy atom. The number of aromatic nitrogens is 2. The first-order valence-corrected chi connectivity index (χ1v) is 10.7. The summed E-state index contributed by atoms with van der Waals surface area (Å²) in [5.74, 6) is -0.103. The molecule has 3 heterocycles. The number of anilines is 1. The molecule has 0 atom stereocenters. The van der Waals surface area contributed by atoms with Crippen LogP contribution in [0.15, 0.2) is 48.8 Å². The highest BCUT2D eigenvalue weighted by Crippen LogP contribution is 2.32. The van der Waals surface area contributed by atoms with Gasteiger partial charge in [0.15, 0.2) is 0 Å². The first kappa shape index (κ1) is 21.6. The summed E-state index contributed by atoms with van der Waals surface area (Å²) >= 11 is 0. The number of H-pyrrole nitrogens is 1. The first-order valence-electron chi connectivity index (χ1n) is 10.7. The second-order valence-corrected chi connectivity index (χ2v) is 8.99. The van der Waals surface area contributed by atoms with Gasteiger partial charge in [0, 0.05) is 54.6 Å². The van der Waals surface area contributed by atoms with E-state index in [1.54, 1.807) is 4.90 Å². The fraction of sp³-hybridized carbons (Fsp3) is 0.320. The third kappa shape index (κ3) is 4.82. The summed E-state index contributed by atoms with van der Waals surface area (Å²) in [6, 6.07) is 9.83. The fourth-order valence-corrected chi connectivity index (χ4v) is 3.81. The van der Waals surface area contributed by atoms with Crippen LogP contribution in [0, 0.1) is 0 Å². The normalized spacial score (nSPS) is 14.2. The van der Waals surface area contributed by atoms with Crippen molar-refractivity contribution >= 4 is 34.3 Å². The Hall–Kier alpha value is -3.61. The Morgan fingerprint density at radius 3 is 2.69 bits per heavy atom. The molecule has 1 aliphatic rings. The molecule has 1 aromatic carbocycles. The first-order chi connectivity index (χ1) is 15.2. The Morgan fingerprint density at radius 1 is 1.19 bits per heavy atom. The molecule has 4 rings (SSSR count). The fourth-order valence-electron chi connectivity index (χ4n) is 3.81. The van der Waals surface area contributed by atoms with Crippen molar-refractivity contribution in [3.63, 3.8) is 0 Å². The number of rotatable bonds is 3. The van der Waals surface area contributed by atoms with E-state index in [1.807, 2.05) is 57.4 Å². The van der Waals surface area contributed by atoms with Gasteiger partial charge in [-0.3, -0.25) is 4.79 Å². The van der Waals surface area contributed by atoms with E-state index in [1.165, 1.54) is 12.5 Å². The van der Waals surface area contributed by atoms with Gasteiger partial charge in [-0.05, 0) is 56.5 Å². The number of hydrogen-bond acceptors (Lipinski definition) is 4. The average molecular weight is 433 g/mol. The maximum Gasteiger partial charge on any atom is 0.410 e. The van der Waals surface area contributed by atoms with Gasteiger partial charge in [-0.25, -0.2) is 9.78 Å². The van der Waals surface area contributed by atoms with E-state index in [0.29, 0.717) is 13.1 Å². The minimum absolute atomic E-state index is 0.103. The van der Waals surface area contributed by atoms with Crippen LogP contribution in [-0.2, 0) is 9.53 Å². The minimum atomic E-state index is -0.503. The molecule has 0 saturated heterocycles. The number of amides is 2. The summed E-state index contributed by atoms with van der Waals surface area (Å²) in [7, 11) is 0. The lowest BCUT2D eigenvalue weighted by molar-refractivity contribution is -0.114. The summed E-state index contributed by atoms with van der Waals surface area (Å²) in [5, 5.41) is 3.85. The predicted octanol–water partition coefficient (Wildman–Crippen LogP) is 5.21. The number of fused-ring (bicyclic) bond motifs is 1. The van der Waals surface area contributed by atoms with Crippen molar-refractivity contribution in [3.05, 3.63) is 54.4 Å². The van der Waals surface area contributed by atoms with E-state index in [0.717, 1.165) is 39.8 Å². The number of benzene rings is 1. The highest BCUT2D eigenvalue weighted by molar-refractivity contribution is 5.94. The number of carbonyl (C=O) groups is 2. The van der Waals surface area contributed by atoms with E-state index in [-0.39, 0.29) is 12.0 Å². The van der Waals surface area contributed by atoms with E-state index in [9.17, 15) is 9.59 Å². The summed E-state index contributed by atoms with van der Waals surface area (Å²) in [6.07, 6.45) is 6.35. The molecule has 0 fully saturated rings. The van der Waals surface area contributed by atoms with Crippen LogP contribution < -0.4 is 5.32 Å². The topological polar surface area (TPSA) is 87.3 Å². The second kappa shape index (κ2) is 8.49. The van der Waals surface area contributed by atoms with Crippen LogP contribution in [0.4, 0.5) is 10.5 Å². The maximum atomic E-state index is 12.3. The summed E-state index contributed by atoms with van der Waals surface area (Å²) in [6.45, 7) is 8.24. The zero-order chi connectivity index (χ0) is 22.9. The molecule has 0 unspecified atom stereocenters. The Balaban J connectivity index is 1.59. The molecule has 0 spiro atoms. The third-order valence-corrected chi connectivity index (χ3v) is 5.25. The van der Waals surface area contributed by atoms with Crippen LogP contribution in [0.25, 0.3) is 27.7 Å². The molecular formula is C25H28N4O3. The quantitative estimate of drug-likeness (QED) is 0.595. The van der Waals surface area contributed by atoms with Gasteiger partial charge in [0.05, 0.1) is 0 Å². The van der Waals surface area contributed by atoms with E-state index in [4.69, 9.17) is 4.74 Å². The minimum Gasteiger partial charge on any atom is -0.444 e. The van der Waals surface area contributed by atoms with Crippen LogP contribution in [0.5, 0.6) is 0 Å². The summed E-state index contributed by atoms with van der Waals surface area (Å²) in [5.41, 5.74) is 5.29. The van der Waals surface area contributed by atoms with Crippen molar-refractivity contribution in [2.24, 2.45) is 0 Å². The molecule has 7 nitrogen and oxygen atoms in total. The number of pyridine rings is 1. The van der Waals surface area contributed by atoms with Crippen molar-refractivity contribution in [2.75, 3.05) is 18.4 Å².